The van der Waals surface area contributed by atoms with E-state index in [1.54, 1.807) is 0 Å². The summed E-state index contributed by atoms with van der Waals surface area (Å²) >= 11 is 0. The van der Waals surface area contributed by atoms with Gasteiger partial charge in [0.05, 0.1) is 9.73 Å². The molecule has 1 aromatic heterocycles. The first-order valence-electron chi connectivity index (χ1n) is 7.94. The molecule has 0 radical (unpaired) electrons. The summed E-state index contributed by atoms with van der Waals surface area (Å²) in [5.74, 6) is -2.19. The van der Waals surface area contributed by atoms with Crippen LogP contribution >= 0.6 is 0 Å². The van der Waals surface area contributed by atoms with Gasteiger partial charge in [-0.2, -0.15) is 22.5 Å². The van der Waals surface area contributed by atoms with Gasteiger partial charge in [0.15, 0.2) is 0 Å². The van der Waals surface area contributed by atoms with Crippen molar-refractivity contribution in [2.45, 2.75) is 36.8 Å². The number of aromatic nitrogens is 2. The first-order valence-corrected chi connectivity index (χ1v) is 9.86. The second kappa shape index (κ2) is 6.82. The van der Waals surface area contributed by atoms with E-state index in [0.717, 1.165) is 25.7 Å². The van der Waals surface area contributed by atoms with E-state index in [9.17, 15) is 22.2 Å². The predicted molar refractivity (Wildman–Crippen MR) is 86.5 cm³/mol. The highest BCUT2D eigenvalue weighted by Crippen LogP contribution is 2.30. The van der Waals surface area contributed by atoms with Gasteiger partial charge < -0.3 is 4.52 Å². The molecule has 26 heavy (non-hydrogen) atoms. The minimum Gasteiger partial charge on any atom is -0.329 e. The summed E-state index contributed by atoms with van der Waals surface area (Å²) in [5, 5.41) is 3.29. The van der Waals surface area contributed by atoms with Crippen LogP contribution in [0.15, 0.2) is 38.0 Å². The SMILES string of the molecule is CS(=O)(=NC(=O)C1CCCC1)c1ccc(-c2noc(C(F)(F)F)n2)cc1. The molecule has 1 aliphatic carbocycles. The maximum Gasteiger partial charge on any atom is 0.471 e. The van der Waals surface area contributed by atoms with E-state index in [1.165, 1.54) is 30.5 Å². The summed E-state index contributed by atoms with van der Waals surface area (Å²) < 4.78 is 58.4. The molecule has 1 atom stereocenters. The molecule has 0 saturated heterocycles. The Morgan fingerprint density at radius 2 is 1.85 bits per heavy atom. The quantitative estimate of drug-likeness (QED) is 0.797. The summed E-state index contributed by atoms with van der Waals surface area (Å²) in [6.07, 6.45) is 0.103. The zero-order valence-electron chi connectivity index (χ0n) is 13.8. The first kappa shape index (κ1) is 18.6. The Morgan fingerprint density at radius 3 is 2.38 bits per heavy atom. The molecule has 1 unspecified atom stereocenters. The van der Waals surface area contributed by atoms with E-state index in [2.05, 4.69) is 19.0 Å². The van der Waals surface area contributed by atoms with Crippen LogP contribution in [-0.2, 0) is 20.7 Å². The fraction of sp³-hybridized carbons (Fsp3) is 0.438. The molecule has 3 rings (SSSR count). The Kier molecular flexibility index (Phi) is 4.87. The Bertz CT molecular complexity index is 922. The van der Waals surface area contributed by atoms with Crippen molar-refractivity contribution >= 4 is 15.6 Å². The topological polar surface area (TPSA) is 85.4 Å². The van der Waals surface area contributed by atoms with Gasteiger partial charge in [-0.3, -0.25) is 4.79 Å². The third-order valence-corrected chi connectivity index (χ3v) is 5.86. The van der Waals surface area contributed by atoms with Gasteiger partial charge in [-0.1, -0.05) is 18.0 Å². The number of hydrogen-bond donors (Lipinski definition) is 0. The molecule has 0 N–H and O–H groups in total. The van der Waals surface area contributed by atoms with Gasteiger partial charge in [-0.15, -0.1) is 0 Å². The molecule has 10 heteroatoms. The van der Waals surface area contributed by atoms with Crippen molar-refractivity contribution in [2.75, 3.05) is 6.26 Å². The van der Waals surface area contributed by atoms with Crippen molar-refractivity contribution in [1.82, 2.24) is 10.1 Å². The van der Waals surface area contributed by atoms with Gasteiger partial charge in [0.1, 0.15) is 0 Å². The molecule has 1 fully saturated rings. The molecule has 1 aliphatic rings. The summed E-state index contributed by atoms with van der Waals surface area (Å²) in [6, 6.07) is 5.71. The number of halogens is 3. The normalized spacial score (nSPS) is 17.8. The zero-order valence-corrected chi connectivity index (χ0v) is 14.6. The van der Waals surface area contributed by atoms with E-state index >= 15 is 0 Å². The van der Waals surface area contributed by atoms with E-state index in [1.807, 2.05) is 0 Å². The van der Waals surface area contributed by atoms with Crippen molar-refractivity contribution in [2.24, 2.45) is 10.3 Å². The van der Waals surface area contributed by atoms with Crippen molar-refractivity contribution in [1.29, 1.82) is 0 Å². The second-order valence-corrected chi connectivity index (χ2v) is 8.42. The Morgan fingerprint density at radius 1 is 1.23 bits per heavy atom. The number of rotatable bonds is 3. The molecule has 0 aliphatic heterocycles. The Hall–Kier alpha value is -2.23. The van der Waals surface area contributed by atoms with Crippen molar-refractivity contribution in [3.63, 3.8) is 0 Å². The molecular weight excluding hydrogens is 371 g/mol. The predicted octanol–water partition coefficient (Wildman–Crippen LogP) is 3.93. The number of amides is 1. The van der Waals surface area contributed by atoms with Crippen LogP contribution in [0.2, 0.25) is 0 Å². The standard InChI is InChI=1S/C16H16F3N3O3S/c1-26(24,22-14(23)11-4-2-3-5-11)12-8-6-10(7-9-12)13-20-15(25-21-13)16(17,18)19/h6-9,11H,2-5H2,1H3. The van der Waals surface area contributed by atoms with Crippen molar-refractivity contribution in [3.8, 4) is 11.4 Å². The highest BCUT2D eigenvalue weighted by atomic mass is 32.2. The zero-order chi connectivity index (χ0) is 18.9. The lowest BCUT2D eigenvalue weighted by Gasteiger charge is -2.07. The largest absolute Gasteiger partial charge is 0.471 e. The number of hydrogen-bond acceptors (Lipinski definition) is 5. The van der Waals surface area contributed by atoms with Crippen molar-refractivity contribution in [3.05, 3.63) is 30.2 Å². The summed E-state index contributed by atoms with van der Waals surface area (Å²) in [7, 11) is -2.93. The second-order valence-electron chi connectivity index (χ2n) is 6.16. The molecule has 1 heterocycles. The lowest BCUT2D eigenvalue weighted by molar-refractivity contribution is -0.159. The molecule has 0 spiro atoms. The van der Waals surface area contributed by atoms with E-state index in [0.29, 0.717) is 4.90 Å². The number of alkyl halides is 3. The average Bonchev–Trinajstić information content (AvgIpc) is 3.26. The van der Waals surface area contributed by atoms with Crippen LogP contribution in [0, 0.1) is 5.92 Å². The Labute approximate surface area is 148 Å². The summed E-state index contributed by atoms with van der Waals surface area (Å²) in [5.41, 5.74) is 0.269. The third-order valence-electron chi connectivity index (χ3n) is 4.19. The third kappa shape index (κ3) is 3.95. The molecule has 140 valence electrons. The van der Waals surface area contributed by atoms with E-state index in [4.69, 9.17) is 0 Å². The molecule has 1 amide bonds. The maximum atomic E-state index is 12.8. The minimum absolute atomic E-state index is 0.171. The van der Waals surface area contributed by atoms with E-state index in [-0.39, 0.29) is 23.2 Å². The van der Waals surface area contributed by atoms with Crippen LogP contribution in [0.5, 0.6) is 0 Å². The van der Waals surface area contributed by atoms with Gasteiger partial charge >= 0.3 is 12.1 Å². The number of nitrogens with zero attached hydrogens (tertiary/aromatic N) is 3. The Balaban J connectivity index is 1.83. The van der Waals surface area contributed by atoms with Crippen LogP contribution in [-0.4, -0.2) is 26.5 Å². The number of carbonyl (C=O) groups is 1. The number of benzene rings is 1. The fourth-order valence-corrected chi connectivity index (χ4v) is 4.02. The van der Waals surface area contributed by atoms with Gasteiger partial charge in [-0.25, -0.2) is 4.21 Å². The fourth-order valence-electron chi connectivity index (χ4n) is 2.78. The lowest BCUT2D eigenvalue weighted by Crippen LogP contribution is -2.11. The van der Waals surface area contributed by atoms with Crippen LogP contribution in [0.25, 0.3) is 11.4 Å². The molecule has 1 saturated carbocycles. The van der Waals surface area contributed by atoms with Crippen LogP contribution < -0.4 is 0 Å². The minimum atomic E-state index is -4.72. The average molecular weight is 387 g/mol. The van der Waals surface area contributed by atoms with Gasteiger partial charge in [0, 0.05) is 22.6 Å². The van der Waals surface area contributed by atoms with Gasteiger partial charge in [0.2, 0.25) is 5.82 Å². The van der Waals surface area contributed by atoms with Crippen LogP contribution in [0.4, 0.5) is 13.2 Å². The van der Waals surface area contributed by atoms with E-state index < -0.39 is 21.8 Å². The highest BCUT2D eigenvalue weighted by molar-refractivity contribution is 7.93. The first-order chi connectivity index (χ1) is 12.2. The summed E-state index contributed by atoms with van der Waals surface area (Å²) in [6.45, 7) is 0. The molecule has 6 nitrogen and oxygen atoms in total. The lowest BCUT2D eigenvalue weighted by atomic mass is 10.1. The number of carbonyl (C=O) groups excluding carboxylic acids is 1. The van der Waals surface area contributed by atoms with Crippen LogP contribution in [0.1, 0.15) is 31.6 Å². The highest BCUT2D eigenvalue weighted by Gasteiger charge is 2.38. The van der Waals surface area contributed by atoms with Crippen LogP contribution in [0.3, 0.4) is 0 Å². The molecule has 1 aromatic carbocycles. The van der Waals surface area contributed by atoms with Gasteiger partial charge in [-0.05, 0) is 37.1 Å². The van der Waals surface area contributed by atoms with Gasteiger partial charge in [0.25, 0.3) is 5.91 Å². The smallest absolute Gasteiger partial charge is 0.329 e. The molecule has 0 bridgehead atoms. The maximum absolute atomic E-state index is 12.8. The summed E-state index contributed by atoms with van der Waals surface area (Å²) in [4.78, 5) is 15.7. The monoisotopic (exact) mass is 387 g/mol. The molecule has 2 aromatic rings. The molecular formula is C16H16F3N3O3S. The van der Waals surface area contributed by atoms with Crippen molar-refractivity contribution < 1.29 is 26.7 Å².